The van der Waals surface area contributed by atoms with Crippen molar-refractivity contribution in [1.29, 1.82) is 5.26 Å². The number of nitrogens with zero attached hydrogens (tertiary/aromatic N) is 6. The minimum atomic E-state index is -0.438. The highest BCUT2D eigenvalue weighted by atomic mass is 32.2. The van der Waals surface area contributed by atoms with Crippen molar-refractivity contribution >= 4 is 23.5 Å². The predicted octanol–water partition coefficient (Wildman–Crippen LogP) is 3.89. The maximum atomic E-state index is 12.9. The second kappa shape index (κ2) is 13.3. The third kappa shape index (κ3) is 6.26. The van der Waals surface area contributed by atoms with Crippen LogP contribution in [0.15, 0.2) is 69.3 Å². The largest absolute Gasteiger partial charge is 0.861 e. The van der Waals surface area contributed by atoms with Crippen molar-refractivity contribution in [1.82, 2.24) is 10.3 Å². The molecule has 0 spiro atoms. The summed E-state index contributed by atoms with van der Waals surface area (Å²) in [4.78, 5) is 10.5. The zero-order valence-electron chi connectivity index (χ0n) is 23.6. The Balaban J connectivity index is 1.50. The summed E-state index contributed by atoms with van der Waals surface area (Å²) < 4.78 is 21.9. The van der Waals surface area contributed by atoms with Gasteiger partial charge in [0, 0.05) is 16.9 Å². The van der Waals surface area contributed by atoms with Crippen LogP contribution in [0.1, 0.15) is 24.8 Å². The minimum Gasteiger partial charge on any atom is -0.861 e. The number of methoxy groups -OCH3 is 3. The highest BCUT2D eigenvalue weighted by Crippen LogP contribution is 2.43. The molecule has 216 valence electrons. The number of ether oxygens (including phenoxy) is 3. The second-order valence-electron chi connectivity index (χ2n) is 9.40. The Labute approximate surface area is 247 Å². The van der Waals surface area contributed by atoms with Crippen molar-refractivity contribution in [3.63, 3.8) is 0 Å². The molecule has 2 aromatic heterocycles. The maximum absolute atomic E-state index is 12.9. The molecule has 1 aliphatic rings. The van der Waals surface area contributed by atoms with Crippen LogP contribution in [0.2, 0.25) is 0 Å². The number of nitriles is 1. The summed E-state index contributed by atoms with van der Waals surface area (Å²) >= 11 is 1.14. The molecule has 0 bridgehead atoms. The molecule has 0 atom stereocenters. The molecular weight excluding hydrogens is 556 g/mol. The first-order chi connectivity index (χ1) is 20.5. The number of piperidine rings is 1. The fraction of sp³-hybridized carbons (Fsp3) is 0.300. The predicted molar refractivity (Wildman–Crippen MR) is 156 cm³/mol. The van der Waals surface area contributed by atoms with Crippen LogP contribution in [-0.4, -0.2) is 56.3 Å². The van der Waals surface area contributed by atoms with E-state index in [2.05, 4.69) is 16.3 Å². The highest BCUT2D eigenvalue weighted by molar-refractivity contribution is 8.00. The quantitative estimate of drug-likeness (QED) is 0.117. The van der Waals surface area contributed by atoms with Gasteiger partial charge in [-0.3, -0.25) is 4.52 Å². The fourth-order valence-corrected chi connectivity index (χ4v) is 5.52. The lowest BCUT2D eigenvalue weighted by molar-refractivity contribution is -0.759. The van der Waals surface area contributed by atoms with Gasteiger partial charge in [0.1, 0.15) is 11.1 Å². The molecule has 1 saturated heterocycles. The van der Waals surface area contributed by atoms with Gasteiger partial charge in [0.15, 0.2) is 11.5 Å². The van der Waals surface area contributed by atoms with Crippen molar-refractivity contribution < 1.29 is 28.6 Å². The molecule has 1 aliphatic heterocycles. The number of thioether (sulfide) groups is 1. The van der Waals surface area contributed by atoms with E-state index >= 15 is 0 Å². The number of aliphatic imine (C=N–C) groups is 1. The first-order valence-corrected chi connectivity index (χ1v) is 14.3. The van der Waals surface area contributed by atoms with Gasteiger partial charge in [0.25, 0.3) is 6.20 Å². The van der Waals surface area contributed by atoms with Gasteiger partial charge in [-0.25, -0.2) is 9.98 Å². The highest BCUT2D eigenvalue weighted by Gasteiger charge is 2.23. The Kier molecular flexibility index (Phi) is 9.08. The van der Waals surface area contributed by atoms with E-state index < -0.39 is 5.90 Å². The van der Waals surface area contributed by atoms with Gasteiger partial charge < -0.3 is 19.3 Å². The fourth-order valence-electron chi connectivity index (χ4n) is 4.73. The second-order valence-corrected chi connectivity index (χ2v) is 10.4. The van der Waals surface area contributed by atoms with E-state index in [0.717, 1.165) is 43.3 Å². The third-order valence-electron chi connectivity index (χ3n) is 6.78. The zero-order chi connectivity index (χ0) is 29.5. The van der Waals surface area contributed by atoms with Crippen LogP contribution in [0.25, 0.3) is 22.4 Å². The Hall–Kier alpha value is -4.76. The molecule has 2 aromatic carbocycles. The van der Waals surface area contributed by atoms with E-state index in [4.69, 9.17) is 23.7 Å². The first-order valence-electron chi connectivity index (χ1n) is 13.4. The van der Waals surface area contributed by atoms with Crippen LogP contribution in [-0.2, 0) is 0 Å². The van der Waals surface area contributed by atoms with Crippen molar-refractivity contribution in [2.45, 2.75) is 24.3 Å². The van der Waals surface area contributed by atoms with E-state index in [1.54, 1.807) is 23.1 Å². The van der Waals surface area contributed by atoms with Crippen LogP contribution < -0.4 is 29.1 Å². The van der Waals surface area contributed by atoms with Crippen molar-refractivity contribution in [3.8, 4) is 45.7 Å². The Bertz CT molecular complexity index is 1590. The Morgan fingerprint density at radius 3 is 2.40 bits per heavy atom. The Morgan fingerprint density at radius 2 is 1.76 bits per heavy atom. The smallest absolute Gasteiger partial charge is 0.324 e. The SMILES string of the molecule is COc1cc(-c2cc(-c3ccccc3)nc(SC/C([O-])=N/c3c[n+](N4CCCCC4)no3)c2C#N)cc(OC)c1OC. The topological polar surface area (TPSA) is 133 Å². The Morgan fingerprint density at radius 1 is 1.05 bits per heavy atom. The number of rotatable bonds is 10. The van der Waals surface area contributed by atoms with E-state index in [1.807, 2.05) is 41.4 Å². The summed E-state index contributed by atoms with van der Waals surface area (Å²) in [5, 5.41) is 29.6. The van der Waals surface area contributed by atoms with Gasteiger partial charge in [-0.05, 0) is 48.9 Å². The average molecular weight is 587 g/mol. The number of hydrogen-bond acceptors (Lipinski definition) is 11. The molecule has 4 aromatic rings. The number of benzene rings is 2. The molecule has 3 heterocycles. The number of hydrogen-bond donors (Lipinski definition) is 0. The molecule has 42 heavy (non-hydrogen) atoms. The summed E-state index contributed by atoms with van der Waals surface area (Å²) in [6.45, 7) is 1.74. The van der Waals surface area contributed by atoms with Gasteiger partial charge in [-0.15, -0.1) is 0 Å². The zero-order valence-corrected chi connectivity index (χ0v) is 24.4. The number of aromatic nitrogens is 3. The molecule has 12 heteroatoms. The normalized spacial score (nSPS) is 13.5. The molecule has 0 unspecified atom stereocenters. The van der Waals surface area contributed by atoms with Crippen LogP contribution in [0.5, 0.6) is 17.2 Å². The lowest BCUT2D eigenvalue weighted by Crippen LogP contribution is -2.60. The van der Waals surface area contributed by atoms with E-state index in [-0.39, 0.29) is 11.6 Å². The van der Waals surface area contributed by atoms with Crippen LogP contribution in [0.3, 0.4) is 0 Å². The van der Waals surface area contributed by atoms with E-state index in [9.17, 15) is 10.4 Å². The molecule has 0 saturated carbocycles. The van der Waals surface area contributed by atoms with Crippen LogP contribution in [0, 0.1) is 11.3 Å². The summed E-state index contributed by atoms with van der Waals surface area (Å²) in [6.07, 6.45) is 4.95. The van der Waals surface area contributed by atoms with Gasteiger partial charge in [0.05, 0.1) is 50.5 Å². The molecular formula is C30H30N6O5S. The first kappa shape index (κ1) is 28.8. The van der Waals surface area contributed by atoms with Crippen molar-refractivity contribution in [2.75, 3.05) is 45.2 Å². The molecule has 11 nitrogen and oxygen atoms in total. The molecule has 5 rings (SSSR count). The molecule has 0 radical (unpaired) electrons. The minimum absolute atomic E-state index is 0.0565. The molecule has 0 aliphatic carbocycles. The number of pyridine rings is 1. The average Bonchev–Trinajstić information content (AvgIpc) is 3.51. The van der Waals surface area contributed by atoms with Gasteiger partial charge >= 0.3 is 5.88 Å². The van der Waals surface area contributed by atoms with E-state index in [0.29, 0.717) is 44.7 Å². The van der Waals surface area contributed by atoms with Gasteiger partial charge in [-0.2, -0.15) is 10.3 Å². The summed E-state index contributed by atoms with van der Waals surface area (Å²) in [7, 11) is 4.60. The standard InChI is InChI=1S/C30H30N6O5S/c1-38-25-14-21(15-26(39-2)29(25)40-3)22-16-24(20-10-6-4-7-11-20)32-30(23(22)17-31)42-19-27(37)33-28-18-36(34-41-28)35-12-8-5-9-13-35/h4,6-7,10-11,14-16,18H,5,8-9,12-13,19H2,1-3H3. The summed E-state index contributed by atoms with van der Waals surface area (Å²) in [5.41, 5.74) is 3.09. The van der Waals surface area contributed by atoms with Gasteiger partial charge in [0.2, 0.25) is 11.0 Å². The summed E-state index contributed by atoms with van der Waals surface area (Å²) in [5.74, 6) is 0.967. The van der Waals surface area contributed by atoms with Crippen molar-refractivity contribution in [2.24, 2.45) is 4.99 Å². The van der Waals surface area contributed by atoms with Gasteiger partial charge in [-0.1, -0.05) is 42.1 Å². The van der Waals surface area contributed by atoms with E-state index in [1.165, 1.54) is 27.8 Å². The monoisotopic (exact) mass is 586 g/mol. The van der Waals surface area contributed by atoms with Crippen molar-refractivity contribution in [3.05, 3.63) is 60.3 Å². The third-order valence-corrected chi connectivity index (χ3v) is 7.74. The molecule has 0 amide bonds. The van der Waals surface area contributed by atoms with Crippen LogP contribution >= 0.6 is 11.8 Å². The maximum Gasteiger partial charge on any atom is 0.324 e. The van der Waals surface area contributed by atoms with Crippen LogP contribution in [0.4, 0.5) is 5.88 Å². The molecule has 0 N–H and O–H groups in total. The molecule has 1 fully saturated rings. The lowest BCUT2D eigenvalue weighted by Gasteiger charge is -2.17. The summed E-state index contributed by atoms with van der Waals surface area (Å²) in [6, 6.07) is 17.3. The lowest BCUT2D eigenvalue weighted by atomic mass is 9.98.